The molecule has 2 aliphatic rings. The fraction of sp³-hybridized carbons (Fsp3) is 0.375. The smallest absolute Gasteiger partial charge is 0.0529 e. The van der Waals surface area contributed by atoms with Crippen LogP contribution in [-0.4, -0.2) is 28.0 Å². The third-order valence-electron chi connectivity index (χ3n) is 6.18. The molecule has 2 aromatic heterocycles. The number of hydrogen-bond donors (Lipinski definition) is 0. The second-order valence-electron chi connectivity index (χ2n) is 8.29. The van der Waals surface area contributed by atoms with E-state index in [4.69, 9.17) is 0 Å². The minimum atomic E-state index is 1.05. The number of benzene rings is 1. The highest BCUT2D eigenvalue weighted by Crippen LogP contribution is 2.36. The van der Waals surface area contributed by atoms with Gasteiger partial charge in [0.25, 0.3) is 0 Å². The molecule has 27 heavy (non-hydrogen) atoms. The van der Waals surface area contributed by atoms with Gasteiger partial charge in [-0.25, -0.2) is 0 Å². The van der Waals surface area contributed by atoms with Crippen molar-refractivity contribution in [3.8, 4) is 0 Å². The summed E-state index contributed by atoms with van der Waals surface area (Å²) in [4.78, 5) is 6.96. The highest BCUT2D eigenvalue weighted by atomic mass is 15.1. The molecule has 0 fully saturated rings. The van der Waals surface area contributed by atoms with Crippen molar-refractivity contribution in [2.24, 2.45) is 0 Å². The van der Waals surface area contributed by atoms with Gasteiger partial charge in [-0.3, -0.25) is 4.98 Å². The largest absolute Gasteiger partial charge is 0.320 e. The summed E-state index contributed by atoms with van der Waals surface area (Å²) < 4.78 is 2.50. The lowest BCUT2D eigenvalue weighted by molar-refractivity contribution is 0.312. The van der Waals surface area contributed by atoms with E-state index >= 15 is 0 Å². The molecule has 1 aliphatic heterocycles. The molecule has 0 bridgehead atoms. The van der Waals surface area contributed by atoms with Crippen molar-refractivity contribution in [3.63, 3.8) is 0 Å². The monoisotopic (exact) mass is 357 g/mol. The van der Waals surface area contributed by atoms with E-state index in [9.17, 15) is 0 Å². The maximum Gasteiger partial charge on any atom is 0.0529 e. The Hall–Kier alpha value is -2.39. The molecule has 1 aromatic carbocycles. The van der Waals surface area contributed by atoms with Crippen LogP contribution in [0.1, 0.15) is 46.5 Å². The van der Waals surface area contributed by atoms with Crippen molar-refractivity contribution in [2.45, 2.75) is 46.1 Å². The highest BCUT2D eigenvalue weighted by Gasteiger charge is 2.23. The van der Waals surface area contributed by atoms with Crippen molar-refractivity contribution in [3.05, 3.63) is 64.1 Å². The van der Waals surface area contributed by atoms with Crippen LogP contribution in [0.5, 0.6) is 0 Å². The van der Waals surface area contributed by atoms with Crippen LogP contribution >= 0.6 is 0 Å². The summed E-state index contributed by atoms with van der Waals surface area (Å²) in [6.07, 6.45) is 9.14. The van der Waals surface area contributed by atoms with Crippen molar-refractivity contribution < 1.29 is 0 Å². The van der Waals surface area contributed by atoms with Gasteiger partial charge in [-0.15, -0.1) is 0 Å². The standard InChI is InChI=1S/C24H27N3/c1-16-7-8-23-21(11-16)22-15-26(3)10-9-24(22)27(23)14-19-6-4-5-18-13-25-17(2)12-20(18)19/h7-8,11-14H,4-6,9-10,15H2,1-3H3/b19-14+. The number of nitrogens with zero attached hydrogens (tertiary/aromatic N) is 3. The van der Waals surface area contributed by atoms with Gasteiger partial charge in [-0.2, -0.15) is 0 Å². The van der Waals surface area contributed by atoms with Gasteiger partial charge in [0.2, 0.25) is 0 Å². The summed E-state index contributed by atoms with van der Waals surface area (Å²) in [5.74, 6) is 0. The Morgan fingerprint density at radius 1 is 1.07 bits per heavy atom. The fourth-order valence-corrected chi connectivity index (χ4v) is 4.77. The van der Waals surface area contributed by atoms with Crippen molar-refractivity contribution in [1.29, 1.82) is 0 Å². The van der Waals surface area contributed by atoms with Crippen LogP contribution in [0.2, 0.25) is 0 Å². The van der Waals surface area contributed by atoms with E-state index in [-0.39, 0.29) is 0 Å². The van der Waals surface area contributed by atoms with Gasteiger partial charge in [0.15, 0.2) is 0 Å². The number of fused-ring (bicyclic) bond motifs is 4. The van der Waals surface area contributed by atoms with E-state index in [2.05, 4.69) is 72.0 Å². The number of likely N-dealkylation sites (N-methyl/N-ethyl adjacent to an activating group) is 1. The number of allylic oxidation sites excluding steroid dienone is 1. The summed E-state index contributed by atoms with van der Waals surface area (Å²) >= 11 is 0. The zero-order valence-electron chi connectivity index (χ0n) is 16.5. The molecular weight excluding hydrogens is 330 g/mol. The van der Waals surface area contributed by atoms with E-state index in [0.29, 0.717) is 0 Å². The SMILES string of the molecule is Cc1ccc2c(c1)c1c(n2/C=C2\CCCc3cnc(C)cc32)CCN(C)C1. The first kappa shape index (κ1) is 16.8. The first-order valence-electron chi connectivity index (χ1n) is 10.1. The van der Waals surface area contributed by atoms with E-state index < -0.39 is 0 Å². The molecule has 0 unspecified atom stereocenters. The fourth-order valence-electron chi connectivity index (χ4n) is 4.77. The molecule has 1 aliphatic carbocycles. The van der Waals surface area contributed by atoms with Crippen LogP contribution in [0.4, 0.5) is 0 Å². The quantitative estimate of drug-likeness (QED) is 0.613. The van der Waals surface area contributed by atoms with E-state index in [1.165, 1.54) is 50.8 Å². The first-order chi connectivity index (χ1) is 13.1. The molecular formula is C24H27N3. The molecule has 0 N–H and O–H groups in total. The van der Waals surface area contributed by atoms with Crippen LogP contribution in [-0.2, 0) is 19.4 Å². The Bertz CT molecular complexity index is 1070. The van der Waals surface area contributed by atoms with Crippen molar-refractivity contribution in [2.75, 3.05) is 13.6 Å². The minimum absolute atomic E-state index is 1.05. The van der Waals surface area contributed by atoms with Crippen LogP contribution in [0.3, 0.4) is 0 Å². The van der Waals surface area contributed by atoms with Gasteiger partial charge in [-0.1, -0.05) is 11.6 Å². The third-order valence-corrected chi connectivity index (χ3v) is 6.18. The van der Waals surface area contributed by atoms with Crippen LogP contribution < -0.4 is 0 Å². The maximum atomic E-state index is 4.52. The maximum absolute atomic E-state index is 4.52. The molecule has 3 heterocycles. The predicted molar refractivity (Wildman–Crippen MR) is 113 cm³/mol. The van der Waals surface area contributed by atoms with Gasteiger partial charge < -0.3 is 9.47 Å². The Kier molecular flexibility index (Phi) is 3.94. The average molecular weight is 358 g/mol. The number of aryl methyl sites for hydroxylation is 3. The molecule has 5 rings (SSSR count). The molecule has 3 aromatic rings. The van der Waals surface area contributed by atoms with Crippen LogP contribution in [0, 0.1) is 13.8 Å². The van der Waals surface area contributed by atoms with Crippen LogP contribution in [0.25, 0.3) is 22.7 Å². The predicted octanol–water partition coefficient (Wildman–Crippen LogP) is 4.98. The summed E-state index contributed by atoms with van der Waals surface area (Å²) in [6.45, 7) is 6.47. The topological polar surface area (TPSA) is 21.1 Å². The molecule has 0 saturated carbocycles. The second-order valence-corrected chi connectivity index (χ2v) is 8.29. The second kappa shape index (κ2) is 6.35. The summed E-state index contributed by atoms with van der Waals surface area (Å²) in [7, 11) is 2.23. The molecule has 0 atom stereocenters. The van der Waals surface area contributed by atoms with Gasteiger partial charge in [0.1, 0.15) is 0 Å². The van der Waals surface area contributed by atoms with Crippen LogP contribution in [0.15, 0.2) is 30.5 Å². The molecule has 0 spiro atoms. The average Bonchev–Trinajstić information content (AvgIpc) is 2.94. The number of aromatic nitrogens is 2. The van der Waals surface area contributed by atoms with Gasteiger partial charge in [0, 0.05) is 48.7 Å². The summed E-state index contributed by atoms with van der Waals surface area (Å²) in [5.41, 5.74) is 11.1. The number of hydrogen-bond acceptors (Lipinski definition) is 2. The third kappa shape index (κ3) is 2.81. The van der Waals surface area contributed by atoms with Gasteiger partial charge >= 0.3 is 0 Å². The summed E-state index contributed by atoms with van der Waals surface area (Å²) in [6, 6.07) is 9.19. The Morgan fingerprint density at radius 2 is 1.96 bits per heavy atom. The normalized spacial score (nSPS) is 18.7. The van der Waals surface area contributed by atoms with Gasteiger partial charge in [-0.05, 0) is 80.6 Å². The zero-order valence-corrected chi connectivity index (χ0v) is 16.5. The molecule has 138 valence electrons. The Balaban J connectivity index is 1.73. The first-order valence-corrected chi connectivity index (χ1v) is 10.1. The Labute approximate surface area is 161 Å². The van der Waals surface area contributed by atoms with Crippen molar-refractivity contribution in [1.82, 2.24) is 14.5 Å². The highest BCUT2D eigenvalue weighted by molar-refractivity contribution is 5.91. The summed E-state index contributed by atoms with van der Waals surface area (Å²) in [5, 5.41) is 1.43. The number of pyridine rings is 1. The van der Waals surface area contributed by atoms with E-state index in [1.54, 1.807) is 0 Å². The van der Waals surface area contributed by atoms with Gasteiger partial charge in [0.05, 0.1) is 5.52 Å². The molecule has 3 nitrogen and oxygen atoms in total. The Morgan fingerprint density at radius 3 is 2.85 bits per heavy atom. The van der Waals surface area contributed by atoms with E-state index in [1.807, 2.05) is 0 Å². The lowest BCUT2D eigenvalue weighted by Crippen LogP contribution is -2.26. The molecule has 0 radical (unpaired) electrons. The number of rotatable bonds is 1. The molecule has 3 heteroatoms. The lowest BCUT2D eigenvalue weighted by atomic mass is 9.88. The lowest BCUT2D eigenvalue weighted by Gasteiger charge is -2.24. The molecule has 0 amide bonds. The van der Waals surface area contributed by atoms with E-state index in [0.717, 1.165) is 38.0 Å². The zero-order chi connectivity index (χ0) is 18.5. The van der Waals surface area contributed by atoms with Crippen molar-refractivity contribution >= 4 is 22.7 Å². The minimum Gasteiger partial charge on any atom is -0.320 e. The molecule has 0 saturated heterocycles.